The van der Waals surface area contributed by atoms with Crippen LogP contribution in [0.2, 0.25) is 0 Å². The van der Waals surface area contributed by atoms with E-state index in [1.165, 1.54) is 11.1 Å². The van der Waals surface area contributed by atoms with Gasteiger partial charge < -0.3 is 0 Å². The van der Waals surface area contributed by atoms with Crippen molar-refractivity contribution in [1.29, 1.82) is 0 Å². The molecule has 0 saturated heterocycles. The van der Waals surface area contributed by atoms with Crippen LogP contribution in [0.15, 0.2) is 30.9 Å². The Bertz CT molecular complexity index is 404. The zero-order valence-electron chi connectivity index (χ0n) is 7.73. The number of aryl methyl sites for hydroxylation is 2. The summed E-state index contributed by atoms with van der Waals surface area (Å²) in [6.07, 6.45) is 3.41. The summed E-state index contributed by atoms with van der Waals surface area (Å²) in [6.45, 7) is 4.17. The summed E-state index contributed by atoms with van der Waals surface area (Å²) in [6, 6.07) is 6.31. The first-order valence-corrected chi connectivity index (χ1v) is 4.19. The first kappa shape index (κ1) is 7.98. The van der Waals surface area contributed by atoms with E-state index in [1.807, 2.05) is 4.57 Å². The Kier molecular flexibility index (Phi) is 1.85. The van der Waals surface area contributed by atoms with E-state index in [2.05, 4.69) is 42.2 Å². The van der Waals surface area contributed by atoms with Gasteiger partial charge >= 0.3 is 0 Å². The molecule has 0 atom stereocenters. The fourth-order valence-corrected chi connectivity index (χ4v) is 1.42. The zero-order chi connectivity index (χ0) is 9.26. The highest BCUT2D eigenvalue weighted by Crippen LogP contribution is 2.14. The van der Waals surface area contributed by atoms with E-state index in [0.717, 1.165) is 5.69 Å². The standard InChI is InChI=1S/C10H11N3/c1-8-3-4-10(9(2)5-8)13-6-11-12-7-13/h3-7H,1-2H3. The number of rotatable bonds is 1. The molecule has 1 aromatic carbocycles. The van der Waals surface area contributed by atoms with Crippen molar-refractivity contribution in [3.63, 3.8) is 0 Å². The lowest BCUT2D eigenvalue weighted by molar-refractivity contribution is 1.04. The molecule has 0 saturated carbocycles. The minimum Gasteiger partial charge on any atom is -0.288 e. The fraction of sp³-hybridized carbons (Fsp3) is 0.200. The average Bonchev–Trinajstić information content (AvgIpc) is 2.56. The first-order valence-electron chi connectivity index (χ1n) is 4.19. The molecule has 66 valence electrons. The molecule has 3 nitrogen and oxygen atoms in total. The minimum absolute atomic E-state index is 1.13. The normalized spacial score (nSPS) is 10.3. The molecule has 0 amide bonds. The topological polar surface area (TPSA) is 30.7 Å². The summed E-state index contributed by atoms with van der Waals surface area (Å²) in [5.74, 6) is 0. The van der Waals surface area contributed by atoms with Crippen LogP contribution in [0, 0.1) is 13.8 Å². The molecule has 2 rings (SSSR count). The van der Waals surface area contributed by atoms with E-state index in [4.69, 9.17) is 0 Å². The number of aromatic nitrogens is 3. The SMILES string of the molecule is Cc1ccc(-n2cnnc2)c(C)c1. The van der Waals surface area contributed by atoms with Crippen molar-refractivity contribution in [3.05, 3.63) is 42.0 Å². The molecular weight excluding hydrogens is 162 g/mol. The second kappa shape index (κ2) is 3.01. The number of hydrogen-bond donors (Lipinski definition) is 0. The summed E-state index contributed by atoms with van der Waals surface area (Å²) >= 11 is 0. The third-order valence-electron chi connectivity index (χ3n) is 2.05. The minimum atomic E-state index is 1.13. The van der Waals surface area contributed by atoms with Gasteiger partial charge in [0.1, 0.15) is 12.7 Å². The number of nitrogens with zero attached hydrogens (tertiary/aromatic N) is 3. The molecule has 0 spiro atoms. The predicted octanol–water partition coefficient (Wildman–Crippen LogP) is 1.88. The quantitative estimate of drug-likeness (QED) is 0.659. The Hall–Kier alpha value is -1.64. The van der Waals surface area contributed by atoms with Gasteiger partial charge in [0.05, 0.1) is 5.69 Å². The first-order chi connectivity index (χ1) is 6.27. The smallest absolute Gasteiger partial charge is 0.123 e. The Morgan fingerprint density at radius 2 is 1.77 bits per heavy atom. The van der Waals surface area contributed by atoms with Crippen molar-refractivity contribution in [1.82, 2.24) is 14.8 Å². The van der Waals surface area contributed by atoms with Crippen LogP contribution < -0.4 is 0 Å². The van der Waals surface area contributed by atoms with Gasteiger partial charge in [0, 0.05) is 0 Å². The maximum atomic E-state index is 3.78. The van der Waals surface area contributed by atoms with Gasteiger partial charge in [-0.2, -0.15) is 0 Å². The number of hydrogen-bond acceptors (Lipinski definition) is 2. The maximum absolute atomic E-state index is 3.78. The molecule has 0 fully saturated rings. The van der Waals surface area contributed by atoms with Gasteiger partial charge in [0.25, 0.3) is 0 Å². The Morgan fingerprint density at radius 1 is 1.08 bits per heavy atom. The Labute approximate surface area is 77.0 Å². The van der Waals surface area contributed by atoms with Gasteiger partial charge in [-0.25, -0.2) is 0 Å². The molecule has 0 radical (unpaired) electrons. The van der Waals surface area contributed by atoms with Crippen LogP contribution in [-0.2, 0) is 0 Å². The van der Waals surface area contributed by atoms with E-state index in [1.54, 1.807) is 12.7 Å². The highest BCUT2D eigenvalue weighted by atomic mass is 15.2. The van der Waals surface area contributed by atoms with E-state index in [9.17, 15) is 0 Å². The average molecular weight is 173 g/mol. The molecule has 0 N–H and O–H groups in total. The molecule has 2 aromatic rings. The third kappa shape index (κ3) is 1.45. The van der Waals surface area contributed by atoms with Crippen LogP contribution in [0.1, 0.15) is 11.1 Å². The molecule has 0 aliphatic carbocycles. The van der Waals surface area contributed by atoms with Crippen LogP contribution in [-0.4, -0.2) is 14.8 Å². The van der Waals surface area contributed by atoms with E-state index in [-0.39, 0.29) is 0 Å². The van der Waals surface area contributed by atoms with Crippen LogP contribution in [0.4, 0.5) is 0 Å². The summed E-state index contributed by atoms with van der Waals surface area (Å²) < 4.78 is 1.91. The van der Waals surface area contributed by atoms with Crippen molar-refractivity contribution < 1.29 is 0 Å². The van der Waals surface area contributed by atoms with E-state index >= 15 is 0 Å². The molecule has 0 aliphatic heterocycles. The molecule has 1 aromatic heterocycles. The van der Waals surface area contributed by atoms with Crippen molar-refractivity contribution in [2.75, 3.05) is 0 Å². The Balaban J connectivity index is 2.53. The fourth-order valence-electron chi connectivity index (χ4n) is 1.42. The highest BCUT2D eigenvalue weighted by Gasteiger charge is 1.99. The summed E-state index contributed by atoms with van der Waals surface area (Å²) in [4.78, 5) is 0. The summed E-state index contributed by atoms with van der Waals surface area (Å²) in [5.41, 5.74) is 3.64. The summed E-state index contributed by atoms with van der Waals surface area (Å²) in [5, 5.41) is 7.55. The van der Waals surface area contributed by atoms with Crippen molar-refractivity contribution >= 4 is 0 Å². The van der Waals surface area contributed by atoms with Crippen molar-refractivity contribution in [2.24, 2.45) is 0 Å². The van der Waals surface area contributed by atoms with Crippen LogP contribution in [0.25, 0.3) is 5.69 Å². The van der Waals surface area contributed by atoms with E-state index < -0.39 is 0 Å². The van der Waals surface area contributed by atoms with Crippen molar-refractivity contribution in [3.8, 4) is 5.69 Å². The van der Waals surface area contributed by atoms with Gasteiger partial charge in [-0.3, -0.25) is 4.57 Å². The van der Waals surface area contributed by atoms with Crippen LogP contribution >= 0.6 is 0 Å². The molecule has 13 heavy (non-hydrogen) atoms. The molecule has 0 bridgehead atoms. The molecule has 0 unspecified atom stereocenters. The summed E-state index contributed by atoms with van der Waals surface area (Å²) in [7, 11) is 0. The van der Waals surface area contributed by atoms with Gasteiger partial charge in [-0.05, 0) is 25.5 Å². The number of benzene rings is 1. The van der Waals surface area contributed by atoms with Gasteiger partial charge in [-0.1, -0.05) is 17.7 Å². The second-order valence-electron chi connectivity index (χ2n) is 3.16. The molecular formula is C10H11N3. The predicted molar refractivity (Wildman–Crippen MR) is 50.8 cm³/mol. The zero-order valence-corrected chi connectivity index (χ0v) is 7.73. The van der Waals surface area contributed by atoms with Crippen LogP contribution in [0.5, 0.6) is 0 Å². The lowest BCUT2D eigenvalue weighted by atomic mass is 10.1. The van der Waals surface area contributed by atoms with Crippen LogP contribution in [0.3, 0.4) is 0 Å². The monoisotopic (exact) mass is 173 g/mol. The third-order valence-corrected chi connectivity index (χ3v) is 2.05. The van der Waals surface area contributed by atoms with Gasteiger partial charge in [0.2, 0.25) is 0 Å². The highest BCUT2D eigenvalue weighted by molar-refractivity contribution is 5.41. The lowest BCUT2D eigenvalue weighted by Crippen LogP contribution is -1.93. The Morgan fingerprint density at radius 3 is 2.38 bits per heavy atom. The maximum Gasteiger partial charge on any atom is 0.123 e. The van der Waals surface area contributed by atoms with E-state index in [0.29, 0.717) is 0 Å². The van der Waals surface area contributed by atoms with Crippen molar-refractivity contribution in [2.45, 2.75) is 13.8 Å². The second-order valence-corrected chi connectivity index (χ2v) is 3.16. The molecule has 0 aliphatic rings. The largest absolute Gasteiger partial charge is 0.288 e. The van der Waals surface area contributed by atoms with Gasteiger partial charge in [-0.15, -0.1) is 10.2 Å². The van der Waals surface area contributed by atoms with Gasteiger partial charge in [0.15, 0.2) is 0 Å². The molecule has 1 heterocycles. The molecule has 3 heteroatoms. The lowest BCUT2D eigenvalue weighted by Gasteiger charge is -2.05.